The van der Waals surface area contributed by atoms with Crippen LogP contribution in [-0.2, 0) is 16.4 Å². The van der Waals surface area contributed by atoms with E-state index in [1.807, 2.05) is 37.3 Å². The third-order valence-electron chi connectivity index (χ3n) is 4.77. The average Bonchev–Trinajstić information content (AvgIpc) is 3.02. The molecule has 0 amide bonds. The molecule has 2 aromatic carbocycles. The number of rotatable bonds is 5. The lowest BCUT2D eigenvalue weighted by Gasteiger charge is -2.27. The van der Waals surface area contributed by atoms with Crippen molar-refractivity contribution >= 4 is 32.6 Å². The fraction of sp³-hybridized carbons (Fsp3) is 0.368. The summed E-state index contributed by atoms with van der Waals surface area (Å²) in [6, 6.07) is 17.5. The first kappa shape index (κ1) is 17.9. The molecule has 5 heteroatoms. The van der Waals surface area contributed by atoms with E-state index in [1.165, 1.54) is 5.56 Å². The maximum absolute atomic E-state index is 12.9. The largest absolute Gasteiger partial charge is 0.243 e. The van der Waals surface area contributed by atoms with E-state index >= 15 is 0 Å². The quantitative estimate of drug-likeness (QED) is 0.504. The van der Waals surface area contributed by atoms with E-state index in [-0.39, 0.29) is 5.41 Å². The monoisotopic (exact) mass is 455 g/mol. The van der Waals surface area contributed by atoms with Gasteiger partial charge < -0.3 is 0 Å². The topological polar surface area (TPSA) is 37.4 Å². The Labute approximate surface area is 158 Å². The SMILES string of the molecule is Cc1ccc(S(=O)(=O)N2CCC(CI)(Cc3ccccc3)C2)cc1. The van der Waals surface area contributed by atoms with Crippen LogP contribution in [-0.4, -0.2) is 30.2 Å². The van der Waals surface area contributed by atoms with Crippen LogP contribution in [0.3, 0.4) is 0 Å². The van der Waals surface area contributed by atoms with Gasteiger partial charge in [-0.25, -0.2) is 8.42 Å². The van der Waals surface area contributed by atoms with Crippen LogP contribution in [0.4, 0.5) is 0 Å². The molecular weight excluding hydrogens is 433 g/mol. The second-order valence-corrected chi connectivity index (χ2v) is 9.40. The van der Waals surface area contributed by atoms with Crippen LogP contribution in [0.25, 0.3) is 0 Å². The van der Waals surface area contributed by atoms with Crippen LogP contribution in [0.15, 0.2) is 59.5 Å². The number of benzene rings is 2. The summed E-state index contributed by atoms with van der Waals surface area (Å²) < 4.78 is 28.5. The lowest BCUT2D eigenvalue weighted by Crippen LogP contribution is -2.34. The molecule has 1 fully saturated rings. The summed E-state index contributed by atoms with van der Waals surface area (Å²) in [5.74, 6) is 0. The first-order valence-electron chi connectivity index (χ1n) is 8.12. The van der Waals surface area contributed by atoms with Gasteiger partial charge in [-0.1, -0.05) is 70.6 Å². The fourth-order valence-electron chi connectivity index (χ4n) is 3.29. The lowest BCUT2D eigenvalue weighted by molar-refractivity contribution is 0.350. The summed E-state index contributed by atoms with van der Waals surface area (Å²) in [7, 11) is -3.40. The zero-order valence-corrected chi connectivity index (χ0v) is 16.8. The minimum absolute atomic E-state index is 0.0275. The van der Waals surface area contributed by atoms with Crippen LogP contribution in [0, 0.1) is 12.3 Å². The Hall–Kier alpha value is -0.920. The molecule has 1 aliphatic heterocycles. The van der Waals surface area contributed by atoms with E-state index in [0.717, 1.165) is 22.8 Å². The fourth-order valence-corrected chi connectivity index (χ4v) is 5.73. The molecule has 3 nitrogen and oxygen atoms in total. The molecule has 0 aliphatic carbocycles. The highest BCUT2D eigenvalue weighted by Crippen LogP contribution is 2.38. The maximum Gasteiger partial charge on any atom is 0.243 e. The minimum Gasteiger partial charge on any atom is -0.207 e. The number of nitrogens with zero attached hydrogens (tertiary/aromatic N) is 1. The Morgan fingerprint density at radius 2 is 1.75 bits per heavy atom. The standard InChI is InChI=1S/C19H22INO2S/c1-16-7-9-18(10-8-16)24(22,23)21-12-11-19(14-20,15-21)13-17-5-3-2-4-6-17/h2-10H,11-15H2,1H3. The first-order chi connectivity index (χ1) is 11.5. The van der Waals surface area contributed by atoms with Crippen LogP contribution in [0.2, 0.25) is 0 Å². The molecule has 0 radical (unpaired) electrons. The number of sulfonamides is 1. The zero-order valence-electron chi connectivity index (χ0n) is 13.8. The molecule has 24 heavy (non-hydrogen) atoms. The van der Waals surface area contributed by atoms with Gasteiger partial charge in [-0.3, -0.25) is 0 Å². The predicted octanol–water partition coefficient (Wildman–Crippen LogP) is 4.05. The van der Waals surface area contributed by atoms with Crippen LogP contribution < -0.4 is 0 Å². The molecule has 0 aromatic heterocycles. The van der Waals surface area contributed by atoms with Gasteiger partial charge in [0.1, 0.15) is 0 Å². The molecule has 0 bridgehead atoms. The predicted molar refractivity (Wildman–Crippen MR) is 106 cm³/mol. The van der Waals surface area contributed by atoms with Crippen LogP contribution in [0.5, 0.6) is 0 Å². The number of hydrogen-bond donors (Lipinski definition) is 0. The molecule has 128 valence electrons. The molecule has 1 aliphatic rings. The second kappa shape index (κ2) is 7.14. The molecule has 3 rings (SSSR count). The van der Waals surface area contributed by atoms with E-state index in [2.05, 4.69) is 34.7 Å². The van der Waals surface area contributed by atoms with Crippen molar-refractivity contribution in [3.63, 3.8) is 0 Å². The van der Waals surface area contributed by atoms with Crippen molar-refractivity contribution in [1.82, 2.24) is 4.31 Å². The summed E-state index contributed by atoms with van der Waals surface area (Å²) in [5.41, 5.74) is 2.38. The van der Waals surface area contributed by atoms with E-state index in [9.17, 15) is 8.42 Å². The molecule has 1 saturated heterocycles. The number of halogens is 1. The van der Waals surface area contributed by atoms with Crippen molar-refractivity contribution in [1.29, 1.82) is 0 Å². The van der Waals surface area contributed by atoms with Gasteiger partial charge in [-0.15, -0.1) is 0 Å². The van der Waals surface area contributed by atoms with Gasteiger partial charge in [0.2, 0.25) is 10.0 Å². The van der Waals surface area contributed by atoms with Crippen molar-refractivity contribution in [3.05, 3.63) is 65.7 Å². The third-order valence-corrected chi connectivity index (χ3v) is 8.24. The van der Waals surface area contributed by atoms with Crippen LogP contribution in [0.1, 0.15) is 17.5 Å². The normalized spacial score (nSPS) is 21.9. The van der Waals surface area contributed by atoms with Gasteiger partial charge in [-0.05, 0) is 42.9 Å². The van der Waals surface area contributed by atoms with E-state index in [1.54, 1.807) is 16.4 Å². The lowest BCUT2D eigenvalue weighted by atomic mass is 9.83. The highest BCUT2D eigenvalue weighted by Gasteiger charge is 2.42. The summed E-state index contributed by atoms with van der Waals surface area (Å²) in [4.78, 5) is 0.400. The van der Waals surface area contributed by atoms with E-state index in [4.69, 9.17) is 0 Å². The third kappa shape index (κ3) is 3.68. The summed E-state index contributed by atoms with van der Waals surface area (Å²) in [6.07, 6.45) is 1.84. The highest BCUT2D eigenvalue weighted by molar-refractivity contribution is 14.1. The molecule has 0 spiro atoms. The zero-order chi connectivity index (χ0) is 17.2. The van der Waals surface area contributed by atoms with Gasteiger partial charge in [0.05, 0.1) is 4.90 Å². The number of aryl methyl sites for hydroxylation is 1. The Balaban J connectivity index is 1.81. The van der Waals surface area contributed by atoms with Crippen molar-refractivity contribution in [2.45, 2.75) is 24.7 Å². The molecule has 2 aromatic rings. The average molecular weight is 455 g/mol. The Bertz CT molecular complexity index is 790. The van der Waals surface area contributed by atoms with Crippen molar-refractivity contribution < 1.29 is 8.42 Å². The molecule has 1 unspecified atom stereocenters. The molecule has 1 heterocycles. The van der Waals surface area contributed by atoms with E-state index < -0.39 is 10.0 Å². The molecule has 1 atom stereocenters. The smallest absolute Gasteiger partial charge is 0.207 e. The van der Waals surface area contributed by atoms with Gasteiger partial charge in [0, 0.05) is 17.5 Å². The summed E-state index contributed by atoms with van der Waals surface area (Å²) >= 11 is 2.40. The Morgan fingerprint density at radius 3 is 2.38 bits per heavy atom. The number of alkyl halides is 1. The van der Waals surface area contributed by atoms with Crippen molar-refractivity contribution in [2.75, 3.05) is 17.5 Å². The highest BCUT2D eigenvalue weighted by atomic mass is 127. The summed E-state index contributed by atoms with van der Waals surface area (Å²) in [6.45, 7) is 3.17. The van der Waals surface area contributed by atoms with Gasteiger partial charge >= 0.3 is 0 Å². The van der Waals surface area contributed by atoms with Crippen LogP contribution >= 0.6 is 22.6 Å². The van der Waals surface area contributed by atoms with Gasteiger partial charge in [0.15, 0.2) is 0 Å². The summed E-state index contributed by atoms with van der Waals surface area (Å²) in [5, 5.41) is 0. The number of hydrogen-bond acceptors (Lipinski definition) is 2. The van der Waals surface area contributed by atoms with E-state index in [0.29, 0.717) is 18.0 Å². The molecular formula is C19H22INO2S. The first-order valence-corrected chi connectivity index (χ1v) is 11.1. The van der Waals surface area contributed by atoms with Crippen molar-refractivity contribution in [2.24, 2.45) is 5.41 Å². The minimum atomic E-state index is -3.40. The Morgan fingerprint density at radius 1 is 1.08 bits per heavy atom. The molecule has 0 N–H and O–H groups in total. The molecule has 0 saturated carbocycles. The van der Waals surface area contributed by atoms with Crippen molar-refractivity contribution in [3.8, 4) is 0 Å². The van der Waals surface area contributed by atoms with Gasteiger partial charge in [-0.2, -0.15) is 4.31 Å². The maximum atomic E-state index is 12.9. The Kier molecular flexibility index (Phi) is 5.32. The van der Waals surface area contributed by atoms with Gasteiger partial charge in [0.25, 0.3) is 0 Å². The second-order valence-electron chi connectivity index (χ2n) is 6.70.